The fourth-order valence-corrected chi connectivity index (χ4v) is 4.59. The molecule has 2 aliphatic rings. The minimum atomic E-state index is -0.431. The number of ketones is 1. The number of aryl methyl sites for hydroxylation is 1. The van der Waals surface area contributed by atoms with Crippen LogP contribution < -0.4 is 9.47 Å². The highest BCUT2D eigenvalue weighted by molar-refractivity contribution is 5.99. The number of ether oxygens (including phenoxy) is 2. The zero-order valence-corrected chi connectivity index (χ0v) is 18.4. The summed E-state index contributed by atoms with van der Waals surface area (Å²) in [5.41, 5.74) is 4.14. The molecule has 0 saturated carbocycles. The Morgan fingerprint density at radius 3 is 2.94 bits per heavy atom. The summed E-state index contributed by atoms with van der Waals surface area (Å²) >= 11 is 0. The average Bonchev–Trinajstić information content (AvgIpc) is 3.49. The first-order valence-corrected chi connectivity index (χ1v) is 11.0. The van der Waals surface area contributed by atoms with Crippen molar-refractivity contribution in [2.24, 2.45) is 0 Å². The van der Waals surface area contributed by atoms with Gasteiger partial charge in [0.15, 0.2) is 17.3 Å². The van der Waals surface area contributed by atoms with Crippen molar-refractivity contribution in [3.8, 4) is 11.6 Å². The number of carbonyl (C=O) groups excluding carboxylic acids is 1. The molecule has 6 rings (SSSR count). The van der Waals surface area contributed by atoms with Gasteiger partial charge in [-0.2, -0.15) is 0 Å². The Bertz CT molecular complexity index is 1420. The van der Waals surface area contributed by atoms with Crippen molar-refractivity contribution in [3.63, 3.8) is 0 Å². The minimum Gasteiger partial charge on any atom is -0.485 e. The van der Waals surface area contributed by atoms with Crippen molar-refractivity contribution >= 4 is 11.4 Å². The molecule has 0 saturated heterocycles. The predicted octanol–water partition coefficient (Wildman–Crippen LogP) is 4.44. The molecule has 166 valence electrons. The molecule has 0 bridgehead atoms. The zero-order chi connectivity index (χ0) is 22.5. The third-order valence-electron chi connectivity index (χ3n) is 6.38. The number of benzene rings is 1. The van der Waals surface area contributed by atoms with E-state index in [9.17, 15) is 4.79 Å². The first-order chi connectivity index (χ1) is 16.1. The number of rotatable bonds is 4. The molecule has 1 aromatic carbocycles. The maximum absolute atomic E-state index is 12.9. The number of furan rings is 1. The summed E-state index contributed by atoms with van der Waals surface area (Å²) < 4.78 is 19.5. The molecule has 33 heavy (non-hydrogen) atoms. The summed E-state index contributed by atoms with van der Waals surface area (Å²) in [6, 6.07) is 9.64. The van der Waals surface area contributed by atoms with Gasteiger partial charge in [-0.25, -0.2) is 14.5 Å². The van der Waals surface area contributed by atoms with E-state index in [0.29, 0.717) is 52.8 Å². The van der Waals surface area contributed by atoms with Crippen LogP contribution in [0.5, 0.6) is 11.6 Å². The lowest BCUT2D eigenvalue weighted by molar-refractivity contribution is -0.116. The quantitative estimate of drug-likeness (QED) is 0.461. The smallest absolute Gasteiger partial charge is 0.228 e. The van der Waals surface area contributed by atoms with E-state index in [1.165, 1.54) is 0 Å². The van der Waals surface area contributed by atoms with E-state index in [0.717, 1.165) is 23.3 Å². The summed E-state index contributed by atoms with van der Waals surface area (Å²) in [6.45, 7) is 4.29. The molecular formula is C25H22N4O4. The summed E-state index contributed by atoms with van der Waals surface area (Å²) in [7, 11) is 0. The van der Waals surface area contributed by atoms with Gasteiger partial charge in [0.05, 0.1) is 17.7 Å². The van der Waals surface area contributed by atoms with Crippen molar-refractivity contribution in [1.29, 1.82) is 0 Å². The monoisotopic (exact) mass is 442 g/mol. The average molecular weight is 442 g/mol. The molecule has 1 aliphatic carbocycles. The predicted molar refractivity (Wildman–Crippen MR) is 118 cm³/mol. The number of carbonyl (C=O) groups is 1. The van der Waals surface area contributed by atoms with Crippen molar-refractivity contribution < 1.29 is 18.7 Å². The second-order valence-electron chi connectivity index (χ2n) is 8.41. The second kappa shape index (κ2) is 7.58. The number of nitrogens with zero attached hydrogens (tertiary/aromatic N) is 4. The van der Waals surface area contributed by atoms with Crippen molar-refractivity contribution in [2.45, 2.75) is 45.6 Å². The molecule has 1 atom stereocenters. The molecule has 0 fully saturated rings. The van der Waals surface area contributed by atoms with Gasteiger partial charge in [-0.15, -0.1) is 5.10 Å². The van der Waals surface area contributed by atoms with Crippen LogP contribution in [0.4, 0.5) is 0 Å². The lowest BCUT2D eigenvalue weighted by Gasteiger charge is -2.30. The van der Waals surface area contributed by atoms with Gasteiger partial charge >= 0.3 is 0 Å². The number of allylic oxidation sites excluding steroid dienone is 2. The molecule has 0 radical (unpaired) electrons. The first-order valence-electron chi connectivity index (χ1n) is 11.0. The van der Waals surface area contributed by atoms with Crippen LogP contribution in [0.15, 0.2) is 58.7 Å². The Kier molecular flexibility index (Phi) is 4.53. The largest absolute Gasteiger partial charge is 0.485 e. The van der Waals surface area contributed by atoms with Gasteiger partial charge in [-0.3, -0.25) is 4.79 Å². The standard InChI is InChI=1S/C25H22N4O4/c1-14-6-3-8-17(15(14)2)32-12-20-27-24-23-22(18-10-5-11-31-18)21-16(30)7-4-9-19(21)33-25(23)26-13-29(24)28-20/h3,5-6,8,10-11,13,22H,4,7,9,12H2,1-2H3. The van der Waals surface area contributed by atoms with E-state index in [-0.39, 0.29) is 12.4 Å². The third-order valence-corrected chi connectivity index (χ3v) is 6.38. The Labute approximate surface area is 189 Å². The van der Waals surface area contributed by atoms with Crippen LogP contribution in [0, 0.1) is 13.8 Å². The molecule has 0 amide bonds. The third kappa shape index (κ3) is 3.21. The molecule has 0 spiro atoms. The number of aromatic nitrogens is 4. The van der Waals surface area contributed by atoms with Crippen LogP contribution in [0.2, 0.25) is 0 Å². The molecule has 1 aliphatic heterocycles. The molecular weight excluding hydrogens is 420 g/mol. The van der Waals surface area contributed by atoms with E-state index in [1.807, 2.05) is 44.2 Å². The number of hydrogen-bond acceptors (Lipinski definition) is 7. The summed E-state index contributed by atoms with van der Waals surface area (Å²) in [5.74, 6) is 2.73. The molecule has 3 aromatic heterocycles. The van der Waals surface area contributed by atoms with Crippen LogP contribution in [-0.2, 0) is 11.4 Å². The van der Waals surface area contributed by atoms with E-state index < -0.39 is 5.92 Å². The Hall–Kier alpha value is -3.94. The van der Waals surface area contributed by atoms with Gasteiger partial charge in [0.1, 0.15) is 30.2 Å². The zero-order valence-electron chi connectivity index (χ0n) is 18.4. The summed E-state index contributed by atoms with van der Waals surface area (Å²) in [6.07, 6.45) is 5.15. The van der Waals surface area contributed by atoms with Gasteiger partial charge in [-0.1, -0.05) is 12.1 Å². The highest BCUT2D eigenvalue weighted by atomic mass is 16.5. The maximum atomic E-state index is 12.9. The number of hydrogen-bond donors (Lipinski definition) is 0. The fraction of sp³-hybridized carbons (Fsp3) is 0.280. The van der Waals surface area contributed by atoms with Gasteiger partial charge in [0.2, 0.25) is 5.88 Å². The summed E-state index contributed by atoms with van der Waals surface area (Å²) in [4.78, 5) is 22.2. The van der Waals surface area contributed by atoms with Gasteiger partial charge < -0.3 is 13.9 Å². The molecule has 4 heterocycles. The Balaban J connectivity index is 1.43. The number of Topliss-reactive ketones (excluding diaryl/α,β-unsaturated/α-hetero) is 1. The van der Waals surface area contributed by atoms with Crippen LogP contribution in [-0.4, -0.2) is 25.4 Å². The summed E-state index contributed by atoms with van der Waals surface area (Å²) in [5, 5.41) is 4.56. The van der Waals surface area contributed by atoms with E-state index in [2.05, 4.69) is 10.1 Å². The maximum Gasteiger partial charge on any atom is 0.228 e. The van der Waals surface area contributed by atoms with Gasteiger partial charge in [0.25, 0.3) is 0 Å². The normalized spacial score (nSPS) is 17.6. The van der Waals surface area contributed by atoms with Gasteiger partial charge in [0, 0.05) is 18.4 Å². The minimum absolute atomic E-state index is 0.0725. The van der Waals surface area contributed by atoms with Crippen molar-refractivity contribution in [1.82, 2.24) is 19.6 Å². The SMILES string of the molecule is Cc1cccc(OCc2nc3c4c(ncn3n2)OC2=C(C(=O)CCC2)C4c2ccco2)c1C. The highest BCUT2D eigenvalue weighted by Crippen LogP contribution is 2.47. The van der Waals surface area contributed by atoms with Gasteiger partial charge in [-0.05, 0) is 49.6 Å². The highest BCUT2D eigenvalue weighted by Gasteiger charge is 2.40. The van der Waals surface area contributed by atoms with E-state index in [1.54, 1.807) is 17.1 Å². The molecule has 8 heteroatoms. The second-order valence-corrected chi connectivity index (χ2v) is 8.41. The Morgan fingerprint density at radius 1 is 1.18 bits per heavy atom. The molecule has 4 aromatic rings. The molecule has 1 unspecified atom stereocenters. The van der Waals surface area contributed by atoms with Crippen molar-refractivity contribution in [3.05, 3.63) is 82.5 Å². The fourth-order valence-electron chi connectivity index (χ4n) is 4.59. The molecule has 8 nitrogen and oxygen atoms in total. The number of fused-ring (bicyclic) bond motifs is 3. The van der Waals surface area contributed by atoms with E-state index in [4.69, 9.17) is 18.9 Å². The molecule has 0 N–H and O–H groups in total. The topological polar surface area (TPSA) is 91.8 Å². The van der Waals surface area contributed by atoms with Crippen LogP contribution in [0.25, 0.3) is 5.65 Å². The van der Waals surface area contributed by atoms with Crippen molar-refractivity contribution in [2.75, 3.05) is 0 Å². The first kappa shape index (κ1) is 19.7. The van der Waals surface area contributed by atoms with E-state index >= 15 is 0 Å². The van der Waals surface area contributed by atoms with Crippen LogP contribution in [0.1, 0.15) is 53.5 Å². The van der Waals surface area contributed by atoms with Crippen LogP contribution in [0.3, 0.4) is 0 Å². The lowest BCUT2D eigenvalue weighted by Crippen LogP contribution is -2.26. The van der Waals surface area contributed by atoms with Crippen LogP contribution >= 0.6 is 0 Å². The lowest BCUT2D eigenvalue weighted by atomic mass is 9.80. The Morgan fingerprint density at radius 2 is 2.09 bits per heavy atom.